The fourth-order valence-electron chi connectivity index (χ4n) is 2.53. The Bertz CT molecular complexity index is 828. The number of nitrogens with one attached hydrogen (secondary N) is 1. The Morgan fingerprint density at radius 2 is 2.26 bits per heavy atom. The SMILES string of the molecule is CC(N)Cc1c(F)c2c(NCc3ccco3)nc(Cl)nc2n1C. The highest BCUT2D eigenvalue weighted by Gasteiger charge is 2.22. The van der Waals surface area contributed by atoms with Gasteiger partial charge in [0.1, 0.15) is 17.2 Å². The zero-order valence-corrected chi connectivity index (χ0v) is 13.6. The number of aryl methyl sites for hydroxylation is 1. The maximum atomic E-state index is 14.8. The lowest BCUT2D eigenvalue weighted by molar-refractivity contribution is 0.518. The van der Waals surface area contributed by atoms with Crippen molar-refractivity contribution in [2.75, 3.05) is 5.32 Å². The summed E-state index contributed by atoms with van der Waals surface area (Å²) in [7, 11) is 1.74. The standard InChI is InChI=1S/C15H17ClFN5O/c1-8(18)6-10-12(17)11-13(19-7-9-4-3-5-23-9)20-15(16)21-14(11)22(10)2/h3-5,8H,6-7,18H2,1-2H3,(H,19,20,21). The van der Waals surface area contributed by atoms with Crippen molar-refractivity contribution in [2.45, 2.75) is 25.9 Å². The van der Waals surface area contributed by atoms with Crippen LogP contribution in [0.2, 0.25) is 5.28 Å². The molecule has 23 heavy (non-hydrogen) atoms. The van der Waals surface area contributed by atoms with Gasteiger partial charge in [-0.15, -0.1) is 0 Å². The highest BCUT2D eigenvalue weighted by atomic mass is 35.5. The Balaban J connectivity index is 2.06. The van der Waals surface area contributed by atoms with Crippen molar-refractivity contribution >= 4 is 28.5 Å². The van der Waals surface area contributed by atoms with Gasteiger partial charge in [-0.1, -0.05) is 0 Å². The Kier molecular flexibility index (Phi) is 4.23. The summed E-state index contributed by atoms with van der Waals surface area (Å²) in [5.41, 5.74) is 6.71. The molecule has 0 bridgehead atoms. The summed E-state index contributed by atoms with van der Waals surface area (Å²) < 4.78 is 21.8. The zero-order chi connectivity index (χ0) is 16.6. The van der Waals surface area contributed by atoms with Gasteiger partial charge in [-0.05, 0) is 30.7 Å². The summed E-state index contributed by atoms with van der Waals surface area (Å²) in [4.78, 5) is 8.25. The van der Waals surface area contributed by atoms with Crippen molar-refractivity contribution < 1.29 is 8.81 Å². The average Bonchev–Trinajstić information content (AvgIpc) is 3.08. The molecular weight excluding hydrogens is 321 g/mol. The summed E-state index contributed by atoms with van der Waals surface area (Å²) in [6.45, 7) is 2.19. The maximum absolute atomic E-state index is 14.8. The lowest BCUT2D eigenvalue weighted by atomic mass is 10.2. The molecule has 3 aromatic rings. The number of nitrogens with zero attached hydrogens (tertiary/aromatic N) is 3. The second kappa shape index (κ2) is 6.17. The van der Waals surface area contributed by atoms with E-state index in [4.69, 9.17) is 21.8 Å². The molecule has 6 nitrogen and oxygen atoms in total. The predicted octanol–water partition coefficient (Wildman–Crippen LogP) is 2.86. The quantitative estimate of drug-likeness (QED) is 0.700. The number of nitrogens with two attached hydrogens (primary N) is 1. The van der Waals surface area contributed by atoms with Crippen LogP contribution in [0.3, 0.4) is 0 Å². The molecule has 8 heteroatoms. The summed E-state index contributed by atoms with van der Waals surface area (Å²) in [6.07, 6.45) is 1.97. The van der Waals surface area contributed by atoms with Crippen molar-refractivity contribution in [3.05, 3.63) is 41.0 Å². The third-order valence-electron chi connectivity index (χ3n) is 3.58. The van der Waals surface area contributed by atoms with Crippen LogP contribution in [0.1, 0.15) is 18.4 Å². The molecule has 0 aliphatic carbocycles. The molecule has 3 N–H and O–H groups in total. The van der Waals surface area contributed by atoms with E-state index in [9.17, 15) is 4.39 Å². The van der Waals surface area contributed by atoms with E-state index in [0.717, 1.165) is 0 Å². The van der Waals surface area contributed by atoms with Crippen molar-refractivity contribution in [3.63, 3.8) is 0 Å². The van der Waals surface area contributed by atoms with Crippen LogP contribution < -0.4 is 11.1 Å². The predicted molar refractivity (Wildman–Crippen MR) is 86.9 cm³/mol. The minimum absolute atomic E-state index is 0.0485. The average molecular weight is 338 g/mol. The van der Waals surface area contributed by atoms with Crippen LogP contribution in [0.5, 0.6) is 0 Å². The topological polar surface area (TPSA) is 81.9 Å². The molecule has 0 radical (unpaired) electrons. The van der Waals surface area contributed by atoms with Crippen LogP contribution >= 0.6 is 11.6 Å². The largest absolute Gasteiger partial charge is 0.467 e. The van der Waals surface area contributed by atoms with Gasteiger partial charge in [0.25, 0.3) is 0 Å². The van der Waals surface area contributed by atoms with Crippen LogP contribution in [-0.4, -0.2) is 20.6 Å². The first-order valence-corrected chi connectivity index (χ1v) is 7.57. The number of furan rings is 1. The van der Waals surface area contributed by atoms with Gasteiger partial charge in [-0.3, -0.25) is 0 Å². The molecule has 0 saturated heterocycles. The molecule has 0 spiro atoms. The fourth-order valence-corrected chi connectivity index (χ4v) is 2.69. The number of aromatic nitrogens is 3. The molecule has 1 unspecified atom stereocenters. The number of anilines is 1. The number of hydrogen-bond acceptors (Lipinski definition) is 5. The molecule has 3 rings (SSSR count). The molecule has 0 aliphatic rings. The van der Waals surface area contributed by atoms with E-state index in [1.54, 1.807) is 23.9 Å². The molecule has 0 aromatic carbocycles. The lowest BCUT2D eigenvalue weighted by Gasteiger charge is -2.06. The molecular formula is C15H17ClFN5O. The van der Waals surface area contributed by atoms with E-state index >= 15 is 0 Å². The Morgan fingerprint density at radius 3 is 2.91 bits per heavy atom. The van der Waals surface area contributed by atoms with E-state index in [-0.39, 0.29) is 17.1 Å². The highest BCUT2D eigenvalue weighted by molar-refractivity contribution is 6.28. The van der Waals surface area contributed by atoms with Crippen LogP contribution in [0.15, 0.2) is 22.8 Å². The van der Waals surface area contributed by atoms with Gasteiger partial charge in [-0.25, -0.2) is 4.39 Å². The minimum Gasteiger partial charge on any atom is -0.467 e. The van der Waals surface area contributed by atoms with Gasteiger partial charge < -0.3 is 20.0 Å². The van der Waals surface area contributed by atoms with E-state index in [1.807, 2.05) is 13.0 Å². The zero-order valence-electron chi connectivity index (χ0n) is 12.8. The second-order valence-electron chi connectivity index (χ2n) is 5.47. The Hall–Kier alpha value is -2.12. The normalized spacial score (nSPS) is 12.7. The Morgan fingerprint density at radius 1 is 1.48 bits per heavy atom. The third kappa shape index (κ3) is 3.02. The van der Waals surface area contributed by atoms with E-state index in [2.05, 4.69) is 15.3 Å². The number of fused-ring (bicyclic) bond motifs is 1. The van der Waals surface area contributed by atoms with E-state index < -0.39 is 0 Å². The number of rotatable bonds is 5. The van der Waals surface area contributed by atoms with Gasteiger partial charge in [0.2, 0.25) is 5.28 Å². The van der Waals surface area contributed by atoms with Crippen molar-refractivity contribution in [2.24, 2.45) is 12.8 Å². The third-order valence-corrected chi connectivity index (χ3v) is 3.75. The van der Waals surface area contributed by atoms with Gasteiger partial charge in [-0.2, -0.15) is 9.97 Å². The van der Waals surface area contributed by atoms with Crippen LogP contribution in [-0.2, 0) is 20.0 Å². The molecule has 122 valence electrons. The van der Waals surface area contributed by atoms with Crippen molar-refractivity contribution in [1.29, 1.82) is 0 Å². The van der Waals surface area contributed by atoms with E-state index in [0.29, 0.717) is 41.3 Å². The molecule has 0 fully saturated rings. The smallest absolute Gasteiger partial charge is 0.226 e. The molecule has 0 amide bonds. The first-order valence-electron chi connectivity index (χ1n) is 7.19. The highest BCUT2D eigenvalue weighted by Crippen LogP contribution is 2.30. The number of halogens is 2. The summed E-state index contributed by atoms with van der Waals surface area (Å²) >= 11 is 5.98. The van der Waals surface area contributed by atoms with Crippen molar-refractivity contribution in [1.82, 2.24) is 14.5 Å². The fraction of sp³-hybridized carbons (Fsp3) is 0.333. The van der Waals surface area contributed by atoms with Gasteiger partial charge in [0.15, 0.2) is 5.82 Å². The second-order valence-corrected chi connectivity index (χ2v) is 5.81. The molecule has 3 aromatic heterocycles. The van der Waals surface area contributed by atoms with Crippen LogP contribution in [0.4, 0.5) is 10.2 Å². The van der Waals surface area contributed by atoms with Gasteiger partial charge >= 0.3 is 0 Å². The molecule has 1 atom stereocenters. The first kappa shape index (κ1) is 15.8. The first-order chi connectivity index (χ1) is 11.0. The molecule has 3 heterocycles. The number of hydrogen-bond donors (Lipinski definition) is 2. The van der Waals surface area contributed by atoms with Gasteiger partial charge in [0, 0.05) is 19.5 Å². The van der Waals surface area contributed by atoms with Crippen LogP contribution in [0, 0.1) is 5.82 Å². The van der Waals surface area contributed by atoms with Crippen LogP contribution in [0.25, 0.3) is 11.0 Å². The van der Waals surface area contributed by atoms with E-state index in [1.165, 1.54) is 0 Å². The lowest BCUT2D eigenvalue weighted by Crippen LogP contribution is -2.20. The maximum Gasteiger partial charge on any atom is 0.226 e. The summed E-state index contributed by atoms with van der Waals surface area (Å²) in [5.74, 6) is 0.666. The minimum atomic E-state index is -0.376. The van der Waals surface area contributed by atoms with Gasteiger partial charge in [0.05, 0.1) is 23.9 Å². The molecule has 0 aliphatic heterocycles. The Labute approximate surface area is 137 Å². The van der Waals surface area contributed by atoms with Crippen molar-refractivity contribution in [3.8, 4) is 0 Å². The summed E-state index contributed by atoms with van der Waals surface area (Å²) in [5, 5.41) is 3.40. The molecule has 0 saturated carbocycles. The monoisotopic (exact) mass is 337 g/mol. The summed E-state index contributed by atoms with van der Waals surface area (Å²) in [6, 6.07) is 3.43.